The zero-order valence-electron chi connectivity index (χ0n) is 39.5. The molecular weight excluding hydrogens is 847 g/mol. The molecule has 1 heterocycles. The van der Waals surface area contributed by atoms with Crippen LogP contribution < -0.4 is 37.2 Å². The van der Waals surface area contributed by atoms with Gasteiger partial charge in [-0.1, -0.05) is 54.9 Å². The molecule has 20 heteroatoms. The second-order valence-electron chi connectivity index (χ2n) is 18.0. The van der Waals surface area contributed by atoms with Crippen LogP contribution >= 0.6 is 0 Å². The topological polar surface area (TPSA) is 322 Å². The SMILES string of the molecule is CC[C@H](C)[C@@H]1NC(=O)[C@H](c2cc(O)c(C)c(O)c2)NC(=O)[C@H](NC(=O)[C@H](C)NC(=O)[C@H](NC(=O)CC(=O)[C@@H](C)C[C@@H](C)C[C@@H](C)[C@H](O)[C@@H](C)[C@@H](O)CC)[C@@H](C)O)[C@@H](C)NC(=O)CNC1=O. The van der Waals surface area contributed by atoms with E-state index in [2.05, 4.69) is 37.2 Å². The fourth-order valence-electron chi connectivity index (χ4n) is 7.76. The molecule has 0 radical (unpaired) electrons. The van der Waals surface area contributed by atoms with E-state index in [1.807, 2.05) is 20.8 Å². The maximum Gasteiger partial charge on any atom is 0.247 e. The molecule has 0 unspecified atom stereocenters. The first kappa shape index (κ1) is 55.8. The van der Waals surface area contributed by atoms with Crippen LogP contribution in [0.2, 0.25) is 0 Å². The molecule has 0 spiro atoms. The minimum absolute atomic E-state index is 0.0143. The monoisotopic (exact) mass is 920 g/mol. The van der Waals surface area contributed by atoms with E-state index in [0.717, 1.165) is 12.1 Å². The molecule has 20 nitrogen and oxygen atoms in total. The lowest BCUT2D eigenvalue weighted by Gasteiger charge is -2.30. The van der Waals surface area contributed by atoms with Crippen molar-refractivity contribution in [2.24, 2.45) is 29.6 Å². The third kappa shape index (κ3) is 16.2. The Morgan fingerprint density at radius 1 is 0.785 bits per heavy atom. The highest BCUT2D eigenvalue weighted by molar-refractivity contribution is 6.01. The quantitative estimate of drug-likeness (QED) is 0.0768. The summed E-state index contributed by atoms with van der Waals surface area (Å²) in [5.41, 5.74) is -0.00530. The molecular formula is C45H73N7O13. The molecule has 1 aromatic rings. The summed E-state index contributed by atoms with van der Waals surface area (Å²) in [6, 6.07) is -6.49. The maximum atomic E-state index is 14.1. The Bertz CT molecular complexity index is 1840. The van der Waals surface area contributed by atoms with Crippen molar-refractivity contribution in [3.05, 3.63) is 23.3 Å². The summed E-state index contributed by atoms with van der Waals surface area (Å²) >= 11 is 0. The van der Waals surface area contributed by atoms with Crippen molar-refractivity contribution in [3.63, 3.8) is 0 Å². The third-order valence-corrected chi connectivity index (χ3v) is 12.3. The fraction of sp³-hybridized carbons (Fsp3) is 0.689. The minimum atomic E-state index is -1.66. The number of hydrogen-bond donors (Lipinski definition) is 12. The van der Waals surface area contributed by atoms with Crippen LogP contribution in [0.5, 0.6) is 11.5 Å². The summed E-state index contributed by atoms with van der Waals surface area (Å²) in [6.07, 6.45) is -1.58. The molecule has 366 valence electrons. The van der Waals surface area contributed by atoms with Gasteiger partial charge in [0.2, 0.25) is 41.4 Å². The van der Waals surface area contributed by atoms with Crippen LogP contribution in [-0.2, 0) is 38.4 Å². The largest absolute Gasteiger partial charge is 0.508 e. The number of rotatable bonds is 20. The lowest BCUT2D eigenvalue weighted by Crippen LogP contribution is -2.62. The van der Waals surface area contributed by atoms with Gasteiger partial charge in [-0.15, -0.1) is 0 Å². The highest BCUT2D eigenvalue weighted by Crippen LogP contribution is 2.31. The molecule has 2 rings (SSSR count). The van der Waals surface area contributed by atoms with E-state index < -0.39 is 138 Å². The van der Waals surface area contributed by atoms with E-state index in [0.29, 0.717) is 25.7 Å². The Balaban J connectivity index is 2.24. The van der Waals surface area contributed by atoms with Crippen LogP contribution in [-0.4, -0.2) is 128 Å². The zero-order chi connectivity index (χ0) is 49.6. The number of phenols is 2. The van der Waals surface area contributed by atoms with E-state index in [1.54, 1.807) is 27.7 Å². The number of carbonyl (C=O) groups is 8. The first-order chi connectivity index (χ1) is 30.2. The smallest absolute Gasteiger partial charge is 0.247 e. The van der Waals surface area contributed by atoms with Crippen molar-refractivity contribution in [1.82, 2.24) is 37.2 Å². The first-order valence-corrected chi connectivity index (χ1v) is 22.4. The molecule has 1 aliphatic heterocycles. The van der Waals surface area contributed by atoms with E-state index in [1.165, 1.54) is 27.7 Å². The Kier molecular flexibility index (Phi) is 21.8. The molecule has 1 aliphatic rings. The molecule has 65 heavy (non-hydrogen) atoms. The van der Waals surface area contributed by atoms with Crippen LogP contribution in [0, 0.1) is 36.5 Å². The van der Waals surface area contributed by atoms with Crippen molar-refractivity contribution in [3.8, 4) is 11.5 Å². The van der Waals surface area contributed by atoms with Gasteiger partial charge in [-0.2, -0.15) is 0 Å². The van der Waals surface area contributed by atoms with Crippen molar-refractivity contribution >= 4 is 47.1 Å². The normalized spacial score (nSPS) is 23.2. The van der Waals surface area contributed by atoms with Gasteiger partial charge in [0.25, 0.3) is 0 Å². The molecule has 7 amide bonds. The van der Waals surface area contributed by atoms with Gasteiger partial charge in [0.05, 0.1) is 37.3 Å². The highest BCUT2D eigenvalue weighted by Gasteiger charge is 2.38. The molecule has 0 aliphatic carbocycles. The molecule has 1 fully saturated rings. The third-order valence-electron chi connectivity index (χ3n) is 12.3. The van der Waals surface area contributed by atoms with E-state index in [9.17, 15) is 63.9 Å². The van der Waals surface area contributed by atoms with Crippen molar-refractivity contribution in [2.75, 3.05) is 6.54 Å². The zero-order valence-corrected chi connectivity index (χ0v) is 39.5. The summed E-state index contributed by atoms with van der Waals surface area (Å²) < 4.78 is 0. The van der Waals surface area contributed by atoms with Gasteiger partial charge in [0.15, 0.2) is 0 Å². The van der Waals surface area contributed by atoms with Gasteiger partial charge in [0.1, 0.15) is 47.5 Å². The summed E-state index contributed by atoms with van der Waals surface area (Å²) in [5, 5.41) is 69.6. The molecule has 1 aromatic carbocycles. The van der Waals surface area contributed by atoms with Gasteiger partial charge in [0, 0.05) is 17.4 Å². The molecule has 14 atom stereocenters. The number of aliphatic hydroxyl groups excluding tert-OH is 3. The predicted octanol–water partition coefficient (Wildman–Crippen LogP) is -0.000380. The number of benzene rings is 1. The Morgan fingerprint density at radius 2 is 1.38 bits per heavy atom. The Morgan fingerprint density at radius 3 is 1.94 bits per heavy atom. The van der Waals surface area contributed by atoms with Crippen LogP contribution in [0.4, 0.5) is 0 Å². The van der Waals surface area contributed by atoms with Gasteiger partial charge < -0.3 is 62.8 Å². The van der Waals surface area contributed by atoms with E-state index in [4.69, 9.17) is 0 Å². The second kappa shape index (κ2) is 25.4. The van der Waals surface area contributed by atoms with Gasteiger partial charge in [-0.25, -0.2) is 0 Å². The maximum absolute atomic E-state index is 14.1. The van der Waals surface area contributed by atoms with Crippen LogP contribution in [0.25, 0.3) is 0 Å². The molecule has 1 saturated heterocycles. The summed E-state index contributed by atoms with van der Waals surface area (Å²) in [7, 11) is 0. The Hall–Kier alpha value is -5.34. The average molecular weight is 920 g/mol. The number of nitrogens with one attached hydrogen (secondary N) is 7. The van der Waals surface area contributed by atoms with Crippen LogP contribution in [0.1, 0.15) is 119 Å². The lowest BCUT2D eigenvalue weighted by molar-refractivity contribution is -0.137. The number of phenolic OH excluding ortho intramolecular Hbond substituents is 2. The molecule has 0 aromatic heterocycles. The second-order valence-corrected chi connectivity index (χ2v) is 18.0. The van der Waals surface area contributed by atoms with Crippen molar-refractivity contribution in [1.29, 1.82) is 0 Å². The van der Waals surface area contributed by atoms with Crippen LogP contribution in [0.3, 0.4) is 0 Å². The summed E-state index contributed by atoms with van der Waals surface area (Å²) in [6.45, 7) is 17.2. The van der Waals surface area contributed by atoms with E-state index >= 15 is 0 Å². The number of aromatic hydroxyl groups is 2. The van der Waals surface area contributed by atoms with Crippen molar-refractivity contribution in [2.45, 2.75) is 163 Å². The minimum Gasteiger partial charge on any atom is -0.508 e. The fourth-order valence-corrected chi connectivity index (χ4v) is 7.76. The number of hydrogen-bond acceptors (Lipinski definition) is 13. The van der Waals surface area contributed by atoms with Gasteiger partial charge in [-0.3, -0.25) is 38.4 Å². The number of amides is 7. The summed E-state index contributed by atoms with van der Waals surface area (Å²) in [5.74, 6) is -9.00. The number of Topliss-reactive ketones (excluding diaryl/α,β-unsaturated/α-hetero) is 1. The van der Waals surface area contributed by atoms with Crippen molar-refractivity contribution < 1.29 is 63.9 Å². The van der Waals surface area contributed by atoms with Gasteiger partial charge >= 0.3 is 0 Å². The predicted molar refractivity (Wildman–Crippen MR) is 238 cm³/mol. The standard InChI is InChI=1S/C45H73N7O13/c1-12-21(4)36-42(62)46-19-35(59)47-26(9)37(43(63)52-39(45(65)50-36)29-16-32(56)24(7)33(57)17-29)51-41(61)27(10)48-44(64)38(28(11)53)49-34(58)18-31(55)22(5)14-20(3)15-23(6)40(60)25(8)30(54)13-2/h16-17,20-23,25-28,30,36-40,53-54,56-57,60H,12-15,18-19H2,1-11H3,(H,46,62)(H,47,59)(H,48,64)(H,49,58)(H,50,65)(H,51,61)(H,52,63)/t20-,21+,22+,23-,25+,26-,27+,28-,30+,36+,37-,38-,39+,40+/m1/s1. The molecule has 0 bridgehead atoms. The molecule has 0 saturated carbocycles. The Labute approximate surface area is 381 Å². The number of aliphatic hydroxyl groups is 3. The van der Waals surface area contributed by atoms with Gasteiger partial charge in [-0.05, 0) is 82.4 Å². The number of carbonyl (C=O) groups excluding carboxylic acids is 8. The first-order valence-electron chi connectivity index (χ1n) is 22.4. The van der Waals surface area contributed by atoms with Crippen LogP contribution in [0.15, 0.2) is 12.1 Å². The highest BCUT2D eigenvalue weighted by atomic mass is 16.3. The summed E-state index contributed by atoms with van der Waals surface area (Å²) in [4.78, 5) is 107. The molecule has 12 N–H and O–H groups in total. The number of ketones is 1. The lowest BCUT2D eigenvalue weighted by atomic mass is 9.81. The average Bonchev–Trinajstić information content (AvgIpc) is 3.24. The van der Waals surface area contributed by atoms with E-state index in [-0.39, 0.29) is 28.9 Å².